The summed E-state index contributed by atoms with van der Waals surface area (Å²) >= 11 is 0.837. The largest absolute Gasteiger partial charge is 0.397 e. The van der Waals surface area contributed by atoms with E-state index in [0.29, 0.717) is 0 Å². The van der Waals surface area contributed by atoms with Crippen LogP contribution in [0.2, 0.25) is 0 Å². The molecule has 0 aliphatic heterocycles. The zero-order valence-electron chi connectivity index (χ0n) is 10.7. The number of benzene rings is 2. The van der Waals surface area contributed by atoms with Crippen molar-refractivity contribution in [3.05, 3.63) is 53.8 Å². The number of carbonyl (C=O) groups excluding carboxylic acids is 1. The SMILES string of the molecule is Nc1ccc(F)cc1NC(=O)CSc1cc(F)ccc1F. The maximum Gasteiger partial charge on any atom is 0.234 e. The lowest BCUT2D eigenvalue weighted by Crippen LogP contribution is -2.15. The molecule has 0 spiro atoms. The molecule has 0 heterocycles. The van der Waals surface area contributed by atoms with Crippen LogP contribution in [0.1, 0.15) is 0 Å². The van der Waals surface area contributed by atoms with E-state index in [1.807, 2.05) is 0 Å². The minimum Gasteiger partial charge on any atom is -0.397 e. The minimum absolute atomic E-state index is 0.0253. The smallest absolute Gasteiger partial charge is 0.234 e. The van der Waals surface area contributed by atoms with Crippen LogP contribution >= 0.6 is 11.8 Å². The summed E-state index contributed by atoms with van der Waals surface area (Å²) in [6, 6.07) is 6.56. The van der Waals surface area contributed by atoms with E-state index in [1.54, 1.807) is 0 Å². The highest BCUT2D eigenvalue weighted by Crippen LogP contribution is 2.24. The van der Waals surface area contributed by atoms with Gasteiger partial charge in [0.1, 0.15) is 17.5 Å². The van der Waals surface area contributed by atoms with Crippen molar-refractivity contribution in [2.75, 3.05) is 16.8 Å². The molecule has 0 saturated heterocycles. The molecule has 3 N–H and O–H groups in total. The number of amides is 1. The van der Waals surface area contributed by atoms with E-state index in [2.05, 4.69) is 5.32 Å². The van der Waals surface area contributed by atoms with Gasteiger partial charge in [-0.3, -0.25) is 4.79 Å². The average Bonchev–Trinajstić information content (AvgIpc) is 2.44. The highest BCUT2D eigenvalue weighted by atomic mass is 32.2. The first-order valence-corrected chi connectivity index (χ1v) is 6.87. The van der Waals surface area contributed by atoms with E-state index in [1.165, 1.54) is 12.1 Å². The van der Waals surface area contributed by atoms with Crippen molar-refractivity contribution in [1.82, 2.24) is 0 Å². The van der Waals surface area contributed by atoms with Crippen molar-refractivity contribution in [2.45, 2.75) is 4.90 Å². The van der Waals surface area contributed by atoms with Crippen LogP contribution in [0.4, 0.5) is 24.5 Å². The molecule has 2 rings (SSSR count). The third-order valence-corrected chi connectivity index (χ3v) is 3.57. The third kappa shape index (κ3) is 4.16. The van der Waals surface area contributed by atoms with Crippen molar-refractivity contribution in [3.8, 4) is 0 Å². The Balaban J connectivity index is 1.99. The van der Waals surface area contributed by atoms with Gasteiger partial charge in [0.15, 0.2) is 0 Å². The van der Waals surface area contributed by atoms with Gasteiger partial charge in [0.25, 0.3) is 0 Å². The number of rotatable bonds is 4. The third-order valence-electron chi connectivity index (χ3n) is 2.54. The van der Waals surface area contributed by atoms with E-state index in [9.17, 15) is 18.0 Å². The van der Waals surface area contributed by atoms with Crippen LogP contribution in [0.25, 0.3) is 0 Å². The van der Waals surface area contributed by atoms with Gasteiger partial charge in [-0.1, -0.05) is 0 Å². The molecular formula is C14H11F3N2OS. The van der Waals surface area contributed by atoms with Crippen LogP contribution in [0.3, 0.4) is 0 Å². The maximum atomic E-state index is 13.4. The zero-order valence-corrected chi connectivity index (χ0v) is 11.5. The number of thioether (sulfide) groups is 1. The van der Waals surface area contributed by atoms with E-state index in [4.69, 9.17) is 5.73 Å². The molecule has 0 unspecified atom stereocenters. The molecule has 2 aromatic carbocycles. The fraction of sp³-hybridized carbons (Fsp3) is 0.0714. The lowest BCUT2D eigenvalue weighted by molar-refractivity contribution is -0.113. The van der Waals surface area contributed by atoms with Crippen molar-refractivity contribution in [2.24, 2.45) is 0 Å². The van der Waals surface area contributed by atoms with Gasteiger partial charge in [0.2, 0.25) is 5.91 Å². The van der Waals surface area contributed by atoms with Crippen LogP contribution in [0.5, 0.6) is 0 Å². The number of nitrogens with two attached hydrogens (primary N) is 1. The lowest BCUT2D eigenvalue weighted by atomic mass is 10.2. The molecule has 0 radical (unpaired) electrons. The van der Waals surface area contributed by atoms with Gasteiger partial charge in [-0.25, -0.2) is 13.2 Å². The summed E-state index contributed by atoms with van der Waals surface area (Å²) in [5.74, 6) is -2.39. The first kappa shape index (κ1) is 15.2. The molecule has 21 heavy (non-hydrogen) atoms. The van der Waals surface area contributed by atoms with E-state index >= 15 is 0 Å². The molecule has 0 aliphatic carbocycles. The Bertz CT molecular complexity index is 679. The van der Waals surface area contributed by atoms with Gasteiger partial charge in [-0.2, -0.15) is 0 Å². The molecule has 110 valence electrons. The van der Waals surface area contributed by atoms with Crippen LogP contribution in [0.15, 0.2) is 41.3 Å². The quantitative estimate of drug-likeness (QED) is 0.672. The Labute approximate surface area is 123 Å². The molecule has 2 aromatic rings. The van der Waals surface area contributed by atoms with Crippen LogP contribution < -0.4 is 11.1 Å². The van der Waals surface area contributed by atoms with E-state index in [-0.39, 0.29) is 22.0 Å². The summed E-state index contributed by atoms with van der Waals surface area (Å²) in [7, 11) is 0. The monoisotopic (exact) mass is 312 g/mol. The van der Waals surface area contributed by atoms with Gasteiger partial charge >= 0.3 is 0 Å². The highest BCUT2D eigenvalue weighted by Gasteiger charge is 2.10. The number of nitrogen functional groups attached to an aromatic ring is 1. The summed E-state index contributed by atoms with van der Waals surface area (Å²) in [6.45, 7) is 0. The first-order chi connectivity index (χ1) is 9.95. The topological polar surface area (TPSA) is 55.1 Å². The summed E-state index contributed by atoms with van der Waals surface area (Å²) < 4.78 is 39.4. The van der Waals surface area contributed by atoms with E-state index < -0.39 is 23.4 Å². The van der Waals surface area contributed by atoms with Gasteiger partial charge in [0.05, 0.1) is 17.1 Å². The first-order valence-electron chi connectivity index (χ1n) is 5.88. The fourth-order valence-corrected chi connectivity index (χ4v) is 2.31. The van der Waals surface area contributed by atoms with Crippen molar-refractivity contribution in [1.29, 1.82) is 0 Å². The second-order valence-electron chi connectivity index (χ2n) is 4.14. The second-order valence-corrected chi connectivity index (χ2v) is 5.16. The van der Waals surface area contributed by atoms with Gasteiger partial charge in [-0.05, 0) is 36.4 Å². The number of hydrogen-bond acceptors (Lipinski definition) is 3. The molecule has 0 aliphatic rings. The molecule has 0 aromatic heterocycles. The van der Waals surface area contributed by atoms with Crippen molar-refractivity contribution in [3.63, 3.8) is 0 Å². The predicted octanol–water partition coefficient (Wildman–Crippen LogP) is 3.42. The second kappa shape index (κ2) is 6.53. The van der Waals surface area contributed by atoms with Crippen LogP contribution in [0, 0.1) is 17.5 Å². The molecule has 0 atom stereocenters. The number of halogens is 3. The Kier molecular flexibility index (Phi) is 4.74. The molecule has 0 bridgehead atoms. The Morgan fingerprint density at radius 2 is 1.76 bits per heavy atom. The molecule has 1 amide bonds. The van der Waals surface area contributed by atoms with Gasteiger partial charge in [-0.15, -0.1) is 11.8 Å². The Morgan fingerprint density at radius 3 is 2.52 bits per heavy atom. The zero-order chi connectivity index (χ0) is 15.4. The van der Waals surface area contributed by atoms with Crippen LogP contribution in [-0.4, -0.2) is 11.7 Å². The minimum atomic E-state index is -0.612. The highest BCUT2D eigenvalue weighted by molar-refractivity contribution is 8.00. The summed E-state index contributed by atoms with van der Waals surface area (Å²) in [6.07, 6.45) is 0. The molecular weight excluding hydrogens is 301 g/mol. The summed E-state index contributed by atoms with van der Waals surface area (Å²) in [5, 5.41) is 2.41. The number of anilines is 2. The molecule has 0 fully saturated rings. The maximum absolute atomic E-state index is 13.4. The number of carbonyl (C=O) groups is 1. The van der Waals surface area contributed by atoms with E-state index in [0.717, 1.165) is 36.0 Å². The number of hydrogen-bond donors (Lipinski definition) is 2. The standard InChI is InChI=1S/C14H11F3N2OS/c15-8-2-4-11(18)12(5-8)19-14(20)7-21-13-6-9(16)1-3-10(13)17/h1-6H,7,18H2,(H,19,20). The van der Waals surface area contributed by atoms with Gasteiger partial charge in [0, 0.05) is 4.90 Å². The van der Waals surface area contributed by atoms with Crippen LogP contribution in [-0.2, 0) is 4.79 Å². The molecule has 0 saturated carbocycles. The predicted molar refractivity (Wildman–Crippen MR) is 76.5 cm³/mol. The summed E-state index contributed by atoms with van der Waals surface area (Å²) in [4.78, 5) is 11.7. The average molecular weight is 312 g/mol. The summed E-state index contributed by atoms with van der Waals surface area (Å²) in [5.41, 5.74) is 5.94. The molecule has 3 nitrogen and oxygen atoms in total. The van der Waals surface area contributed by atoms with Gasteiger partial charge < -0.3 is 11.1 Å². The van der Waals surface area contributed by atoms with Crippen molar-refractivity contribution < 1.29 is 18.0 Å². The van der Waals surface area contributed by atoms with Crippen molar-refractivity contribution >= 4 is 29.0 Å². The Hall–Kier alpha value is -2.15. The fourth-order valence-electron chi connectivity index (χ4n) is 1.55. The molecule has 7 heteroatoms. The normalized spacial score (nSPS) is 10.4. The lowest BCUT2D eigenvalue weighted by Gasteiger charge is -2.08. The number of nitrogens with one attached hydrogen (secondary N) is 1. The Morgan fingerprint density at radius 1 is 1.10 bits per heavy atom.